The first kappa shape index (κ1) is 20.0. The third-order valence-corrected chi connectivity index (χ3v) is 5.93. The van der Waals surface area contributed by atoms with Crippen LogP contribution in [0.3, 0.4) is 0 Å². The van der Waals surface area contributed by atoms with Gasteiger partial charge in [-0.05, 0) is 48.6 Å². The number of fused-ring (bicyclic) bond motifs is 3. The summed E-state index contributed by atoms with van der Waals surface area (Å²) < 4.78 is 11.2. The number of amides is 1. The van der Waals surface area contributed by atoms with Gasteiger partial charge in [0.05, 0.1) is 26.0 Å². The minimum Gasteiger partial charge on any atom is -0.493 e. The monoisotopic (exact) mass is 405 g/mol. The number of hydrogen-bond acceptors (Lipinski definition) is 5. The summed E-state index contributed by atoms with van der Waals surface area (Å²) in [6.45, 7) is 3.36. The molecule has 4 rings (SSSR count). The molecule has 156 valence electrons. The van der Waals surface area contributed by atoms with Crippen LogP contribution < -0.4 is 20.2 Å². The average Bonchev–Trinajstić information content (AvgIpc) is 3.26. The van der Waals surface area contributed by atoms with Crippen LogP contribution in [0.1, 0.15) is 48.9 Å². The molecule has 30 heavy (non-hydrogen) atoms. The van der Waals surface area contributed by atoms with E-state index in [2.05, 4.69) is 46.2 Å². The summed E-state index contributed by atoms with van der Waals surface area (Å²) in [6, 6.07) is 12.5. The molecule has 3 atom stereocenters. The summed E-state index contributed by atoms with van der Waals surface area (Å²) in [4.78, 5) is 11.2. The first-order chi connectivity index (χ1) is 14.5. The molecule has 6 heteroatoms. The number of methoxy groups -OCH3 is 2. The van der Waals surface area contributed by atoms with E-state index in [1.165, 1.54) is 12.5 Å². The fraction of sp³-hybridized carbons (Fsp3) is 0.333. The molecule has 2 aromatic rings. The van der Waals surface area contributed by atoms with Crippen molar-refractivity contribution in [3.63, 3.8) is 0 Å². The Labute approximate surface area is 177 Å². The molecule has 1 heterocycles. The lowest BCUT2D eigenvalue weighted by Gasteiger charge is -2.38. The number of hydrazone groups is 1. The molecule has 0 radical (unpaired) electrons. The third kappa shape index (κ3) is 3.54. The maximum atomic E-state index is 11.2. The molecule has 0 saturated heterocycles. The van der Waals surface area contributed by atoms with E-state index in [4.69, 9.17) is 9.47 Å². The molecule has 1 aliphatic carbocycles. The van der Waals surface area contributed by atoms with Gasteiger partial charge < -0.3 is 14.8 Å². The number of allylic oxidation sites excluding steroid dienone is 2. The number of rotatable bonds is 5. The van der Waals surface area contributed by atoms with Gasteiger partial charge in [-0.15, -0.1) is 0 Å². The van der Waals surface area contributed by atoms with Crippen molar-refractivity contribution >= 4 is 17.3 Å². The molecule has 2 aromatic carbocycles. The van der Waals surface area contributed by atoms with Crippen molar-refractivity contribution in [1.82, 2.24) is 5.43 Å². The number of nitrogens with one attached hydrogen (secondary N) is 2. The lowest BCUT2D eigenvalue weighted by atomic mass is 9.76. The minimum atomic E-state index is -0.178. The molecule has 0 aromatic heterocycles. The highest BCUT2D eigenvalue weighted by atomic mass is 16.5. The van der Waals surface area contributed by atoms with E-state index < -0.39 is 0 Å². The highest BCUT2D eigenvalue weighted by molar-refractivity contribution is 5.99. The van der Waals surface area contributed by atoms with E-state index in [0.29, 0.717) is 11.8 Å². The van der Waals surface area contributed by atoms with Crippen molar-refractivity contribution in [1.29, 1.82) is 0 Å². The van der Waals surface area contributed by atoms with Gasteiger partial charge >= 0.3 is 0 Å². The summed E-state index contributed by atoms with van der Waals surface area (Å²) in [5, 5.41) is 7.92. The van der Waals surface area contributed by atoms with Crippen molar-refractivity contribution in [2.75, 3.05) is 19.5 Å². The Morgan fingerprint density at radius 3 is 2.70 bits per heavy atom. The quantitative estimate of drug-likeness (QED) is 0.440. The topological polar surface area (TPSA) is 72.0 Å². The van der Waals surface area contributed by atoms with Crippen LogP contribution in [0.25, 0.3) is 0 Å². The van der Waals surface area contributed by atoms with Gasteiger partial charge in [0.15, 0.2) is 11.5 Å². The van der Waals surface area contributed by atoms with Crippen molar-refractivity contribution in [3.8, 4) is 11.5 Å². The Kier molecular flexibility index (Phi) is 5.48. The van der Waals surface area contributed by atoms with Crippen LogP contribution in [0, 0.1) is 5.92 Å². The SMILES string of the molecule is COc1cccc([C@@H]2Nc3ccc(/C(C)=N\NC(C)=O)cc3[C@@H]3C=CC[C@@H]32)c1OC. The maximum absolute atomic E-state index is 11.2. The third-order valence-electron chi connectivity index (χ3n) is 5.93. The predicted molar refractivity (Wildman–Crippen MR) is 118 cm³/mol. The molecule has 1 amide bonds. The summed E-state index contributed by atoms with van der Waals surface area (Å²) in [5.74, 6) is 2.02. The maximum Gasteiger partial charge on any atom is 0.236 e. The zero-order valence-corrected chi connectivity index (χ0v) is 17.7. The number of carbonyl (C=O) groups excluding carboxylic acids is 1. The summed E-state index contributed by atoms with van der Waals surface area (Å²) in [6.07, 6.45) is 5.55. The second-order valence-corrected chi connectivity index (χ2v) is 7.73. The lowest BCUT2D eigenvalue weighted by molar-refractivity contribution is -0.118. The molecular formula is C24H27N3O3. The highest BCUT2D eigenvalue weighted by Gasteiger charge is 2.39. The van der Waals surface area contributed by atoms with E-state index in [-0.39, 0.29) is 11.9 Å². The number of ether oxygens (including phenoxy) is 2. The van der Waals surface area contributed by atoms with Gasteiger partial charge in [-0.3, -0.25) is 4.79 Å². The highest BCUT2D eigenvalue weighted by Crippen LogP contribution is 2.52. The van der Waals surface area contributed by atoms with Gasteiger partial charge in [0.2, 0.25) is 5.91 Å². The Balaban J connectivity index is 1.73. The fourth-order valence-corrected chi connectivity index (χ4v) is 4.51. The predicted octanol–water partition coefficient (Wildman–Crippen LogP) is 4.39. The molecule has 0 fully saturated rings. The second kappa shape index (κ2) is 8.22. The lowest BCUT2D eigenvalue weighted by Crippen LogP contribution is -2.29. The smallest absolute Gasteiger partial charge is 0.236 e. The minimum absolute atomic E-state index is 0.113. The molecule has 1 aliphatic heterocycles. The number of nitrogens with zero attached hydrogens (tertiary/aromatic N) is 1. The van der Waals surface area contributed by atoms with E-state index >= 15 is 0 Å². The van der Waals surface area contributed by atoms with Crippen LogP contribution in [0.5, 0.6) is 11.5 Å². The van der Waals surface area contributed by atoms with Crippen LogP contribution in [-0.4, -0.2) is 25.8 Å². The van der Waals surface area contributed by atoms with Gasteiger partial charge in [-0.1, -0.05) is 30.4 Å². The van der Waals surface area contributed by atoms with Gasteiger partial charge in [0, 0.05) is 24.1 Å². The van der Waals surface area contributed by atoms with Crippen LogP contribution in [-0.2, 0) is 4.79 Å². The molecule has 2 N–H and O–H groups in total. The van der Waals surface area contributed by atoms with E-state index in [1.807, 2.05) is 25.1 Å². The molecule has 0 bridgehead atoms. The molecule has 0 unspecified atom stereocenters. The zero-order valence-electron chi connectivity index (χ0n) is 17.7. The fourth-order valence-electron chi connectivity index (χ4n) is 4.51. The van der Waals surface area contributed by atoms with Crippen molar-refractivity contribution in [3.05, 3.63) is 65.2 Å². The standard InChI is InChI=1S/C24H27N3O3/c1-14(26-27-15(2)28)16-11-12-21-20(13-16)17-7-5-8-18(17)23(25-21)19-9-6-10-22(29-3)24(19)30-4/h5-7,9-13,17-18,23,25H,8H2,1-4H3,(H,27,28)/b26-14-/t17-,18+,23-/m1/s1. The number of benzene rings is 2. The van der Waals surface area contributed by atoms with E-state index in [1.54, 1.807) is 14.2 Å². The Morgan fingerprint density at radius 1 is 1.13 bits per heavy atom. The Hall–Kier alpha value is -3.28. The molecule has 2 aliphatic rings. The van der Waals surface area contributed by atoms with Gasteiger partial charge in [-0.2, -0.15) is 5.10 Å². The largest absolute Gasteiger partial charge is 0.493 e. The van der Waals surface area contributed by atoms with Gasteiger partial charge in [-0.25, -0.2) is 5.43 Å². The van der Waals surface area contributed by atoms with Gasteiger partial charge in [0.1, 0.15) is 0 Å². The Morgan fingerprint density at radius 2 is 1.97 bits per heavy atom. The van der Waals surface area contributed by atoms with Crippen LogP contribution in [0.15, 0.2) is 53.7 Å². The first-order valence-corrected chi connectivity index (χ1v) is 10.1. The molecular weight excluding hydrogens is 378 g/mol. The normalized spacial score (nSPS) is 22.0. The summed E-state index contributed by atoms with van der Waals surface area (Å²) in [5.41, 5.74) is 7.76. The number of carbonyl (C=O) groups is 1. The molecule has 0 spiro atoms. The van der Waals surface area contributed by atoms with Crippen LogP contribution in [0.4, 0.5) is 5.69 Å². The van der Waals surface area contributed by atoms with Gasteiger partial charge in [0.25, 0.3) is 0 Å². The summed E-state index contributed by atoms with van der Waals surface area (Å²) >= 11 is 0. The second-order valence-electron chi connectivity index (χ2n) is 7.73. The van der Waals surface area contributed by atoms with E-state index in [9.17, 15) is 4.79 Å². The average molecular weight is 405 g/mol. The molecule has 6 nitrogen and oxygen atoms in total. The molecule has 0 saturated carbocycles. The van der Waals surface area contributed by atoms with Crippen molar-refractivity contribution in [2.24, 2.45) is 11.0 Å². The summed E-state index contributed by atoms with van der Waals surface area (Å²) in [7, 11) is 3.35. The number of hydrogen-bond donors (Lipinski definition) is 2. The number of anilines is 1. The van der Waals surface area contributed by atoms with Crippen molar-refractivity contribution < 1.29 is 14.3 Å². The van der Waals surface area contributed by atoms with Crippen LogP contribution in [0.2, 0.25) is 0 Å². The van der Waals surface area contributed by atoms with Crippen LogP contribution >= 0.6 is 0 Å². The van der Waals surface area contributed by atoms with E-state index in [0.717, 1.165) is 40.4 Å². The Bertz CT molecular complexity index is 1030. The zero-order chi connectivity index (χ0) is 21.3. The van der Waals surface area contributed by atoms with Crippen molar-refractivity contribution in [2.45, 2.75) is 32.2 Å². The first-order valence-electron chi connectivity index (χ1n) is 10.1. The number of para-hydroxylation sites is 1.